The maximum Gasteiger partial charge on any atom is 0.253 e. The number of benzene rings is 2. The van der Waals surface area contributed by atoms with Crippen LogP contribution in [0.25, 0.3) is 0 Å². The average Bonchev–Trinajstić information content (AvgIpc) is 2.75. The van der Waals surface area contributed by atoms with E-state index in [2.05, 4.69) is 22.3 Å². The Balaban J connectivity index is 1.29. The van der Waals surface area contributed by atoms with E-state index in [0.29, 0.717) is 26.2 Å². The first-order chi connectivity index (χ1) is 13.7. The smallest absolute Gasteiger partial charge is 0.253 e. The molecule has 6 heteroatoms. The summed E-state index contributed by atoms with van der Waals surface area (Å²) >= 11 is 1.82. The number of nitrogens with zero attached hydrogens (tertiary/aromatic N) is 2. The van der Waals surface area contributed by atoms with E-state index in [0.717, 1.165) is 30.2 Å². The van der Waals surface area contributed by atoms with Crippen molar-refractivity contribution in [2.24, 2.45) is 0 Å². The molecule has 148 valence electrons. The van der Waals surface area contributed by atoms with Gasteiger partial charge in [-0.15, -0.1) is 0 Å². The molecule has 0 saturated carbocycles. The van der Waals surface area contributed by atoms with Crippen molar-refractivity contribution in [3.8, 4) is 0 Å². The summed E-state index contributed by atoms with van der Waals surface area (Å²) in [6.45, 7) is 3.87. The van der Waals surface area contributed by atoms with Gasteiger partial charge in [0, 0.05) is 49.8 Å². The van der Waals surface area contributed by atoms with Gasteiger partial charge in [0.1, 0.15) is 0 Å². The summed E-state index contributed by atoms with van der Waals surface area (Å²) in [5.74, 6) is 2.00. The standard InChI is InChI=1S/C22H27N3O2S/c26-21(23-11-16-28-18-19-7-3-1-4-8-19)17-24-12-14-25(15-13-24)22(27)20-9-5-2-6-10-20/h1-10H,11-18H2,(H,23,26). The number of hydrogen-bond acceptors (Lipinski definition) is 4. The van der Waals surface area contributed by atoms with Gasteiger partial charge in [-0.25, -0.2) is 0 Å². The van der Waals surface area contributed by atoms with Crippen molar-refractivity contribution in [1.29, 1.82) is 0 Å². The average molecular weight is 398 g/mol. The number of hydrogen-bond donors (Lipinski definition) is 1. The minimum Gasteiger partial charge on any atom is -0.354 e. The molecule has 0 bridgehead atoms. The number of rotatable bonds is 8. The van der Waals surface area contributed by atoms with Crippen molar-refractivity contribution in [3.05, 3.63) is 71.8 Å². The Hall–Kier alpha value is -2.31. The highest BCUT2D eigenvalue weighted by atomic mass is 32.2. The van der Waals surface area contributed by atoms with E-state index in [-0.39, 0.29) is 11.8 Å². The Morgan fingerprint density at radius 1 is 0.893 bits per heavy atom. The van der Waals surface area contributed by atoms with Gasteiger partial charge in [0.15, 0.2) is 0 Å². The van der Waals surface area contributed by atoms with Gasteiger partial charge in [0.2, 0.25) is 5.91 Å². The molecule has 0 atom stereocenters. The van der Waals surface area contributed by atoms with Gasteiger partial charge in [-0.05, 0) is 17.7 Å². The number of carbonyl (C=O) groups excluding carboxylic acids is 2. The fourth-order valence-corrected chi connectivity index (χ4v) is 3.98. The SMILES string of the molecule is O=C(CN1CCN(C(=O)c2ccccc2)CC1)NCCSCc1ccccc1. The molecule has 0 aliphatic carbocycles. The van der Waals surface area contributed by atoms with Crippen molar-refractivity contribution in [1.82, 2.24) is 15.1 Å². The van der Waals surface area contributed by atoms with Crippen molar-refractivity contribution < 1.29 is 9.59 Å². The molecule has 2 aromatic carbocycles. The van der Waals surface area contributed by atoms with Crippen molar-refractivity contribution in [2.75, 3.05) is 45.0 Å². The molecule has 0 unspecified atom stereocenters. The molecule has 1 aliphatic heterocycles. The molecule has 2 amide bonds. The number of amides is 2. The second-order valence-electron chi connectivity index (χ2n) is 6.82. The number of nitrogens with one attached hydrogen (secondary N) is 1. The van der Waals surface area contributed by atoms with Gasteiger partial charge >= 0.3 is 0 Å². The van der Waals surface area contributed by atoms with E-state index < -0.39 is 0 Å². The second-order valence-corrected chi connectivity index (χ2v) is 7.93. The topological polar surface area (TPSA) is 52.7 Å². The van der Waals surface area contributed by atoms with Crippen LogP contribution in [0.1, 0.15) is 15.9 Å². The molecule has 2 aromatic rings. The predicted molar refractivity (Wildman–Crippen MR) is 114 cm³/mol. The zero-order valence-electron chi connectivity index (χ0n) is 16.0. The predicted octanol–water partition coefficient (Wildman–Crippen LogP) is 2.49. The summed E-state index contributed by atoms with van der Waals surface area (Å²) in [7, 11) is 0. The van der Waals surface area contributed by atoms with Crippen molar-refractivity contribution in [2.45, 2.75) is 5.75 Å². The zero-order chi connectivity index (χ0) is 19.6. The molecule has 28 heavy (non-hydrogen) atoms. The summed E-state index contributed by atoms with van der Waals surface area (Å²) in [5, 5.41) is 2.99. The van der Waals surface area contributed by atoms with Crippen LogP contribution in [0.3, 0.4) is 0 Å². The van der Waals surface area contributed by atoms with E-state index in [9.17, 15) is 9.59 Å². The Bertz CT molecular complexity index is 747. The van der Waals surface area contributed by atoms with Gasteiger partial charge in [-0.2, -0.15) is 11.8 Å². The summed E-state index contributed by atoms with van der Waals surface area (Å²) < 4.78 is 0. The molecule has 1 heterocycles. The number of thioether (sulfide) groups is 1. The molecule has 5 nitrogen and oxygen atoms in total. The van der Waals surface area contributed by atoms with Crippen LogP contribution in [-0.4, -0.2) is 66.6 Å². The van der Waals surface area contributed by atoms with Crippen LogP contribution in [0.4, 0.5) is 0 Å². The van der Waals surface area contributed by atoms with Gasteiger partial charge in [-0.1, -0.05) is 48.5 Å². The number of piperazine rings is 1. The lowest BCUT2D eigenvalue weighted by molar-refractivity contribution is -0.122. The molecule has 1 N–H and O–H groups in total. The van der Waals surface area contributed by atoms with E-state index in [1.807, 2.05) is 65.2 Å². The molecular formula is C22H27N3O2S. The Morgan fingerprint density at radius 2 is 1.54 bits per heavy atom. The fourth-order valence-electron chi connectivity index (χ4n) is 3.16. The lowest BCUT2D eigenvalue weighted by Crippen LogP contribution is -2.51. The third-order valence-corrected chi connectivity index (χ3v) is 5.76. The molecule has 0 spiro atoms. The highest BCUT2D eigenvalue weighted by Crippen LogP contribution is 2.11. The van der Waals surface area contributed by atoms with Gasteiger partial charge in [0.25, 0.3) is 5.91 Å². The molecule has 1 saturated heterocycles. The summed E-state index contributed by atoms with van der Waals surface area (Å²) in [5.41, 5.74) is 2.03. The van der Waals surface area contributed by atoms with E-state index >= 15 is 0 Å². The van der Waals surface area contributed by atoms with Crippen LogP contribution >= 0.6 is 11.8 Å². The summed E-state index contributed by atoms with van der Waals surface area (Å²) in [6, 6.07) is 19.7. The largest absolute Gasteiger partial charge is 0.354 e. The first kappa shape index (κ1) is 20.4. The minimum absolute atomic E-state index is 0.0585. The van der Waals surface area contributed by atoms with Crippen LogP contribution in [0.15, 0.2) is 60.7 Å². The molecule has 0 aromatic heterocycles. The van der Waals surface area contributed by atoms with E-state index in [1.165, 1.54) is 5.56 Å². The van der Waals surface area contributed by atoms with Gasteiger partial charge in [0.05, 0.1) is 6.54 Å². The Morgan fingerprint density at radius 3 is 2.21 bits per heavy atom. The van der Waals surface area contributed by atoms with Gasteiger partial charge < -0.3 is 10.2 Å². The van der Waals surface area contributed by atoms with Crippen LogP contribution in [0.2, 0.25) is 0 Å². The van der Waals surface area contributed by atoms with Gasteiger partial charge in [-0.3, -0.25) is 14.5 Å². The highest BCUT2D eigenvalue weighted by molar-refractivity contribution is 7.98. The summed E-state index contributed by atoms with van der Waals surface area (Å²) in [4.78, 5) is 28.6. The molecular weight excluding hydrogens is 370 g/mol. The molecule has 1 aliphatic rings. The third-order valence-electron chi connectivity index (χ3n) is 4.73. The lowest BCUT2D eigenvalue weighted by atomic mass is 10.2. The third kappa shape index (κ3) is 6.39. The monoisotopic (exact) mass is 397 g/mol. The Labute approximate surface area is 171 Å². The van der Waals surface area contributed by atoms with Crippen molar-refractivity contribution >= 4 is 23.6 Å². The van der Waals surface area contributed by atoms with Crippen LogP contribution in [0, 0.1) is 0 Å². The van der Waals surface area contributed by atoms with E-state index in [1.54, 1.807) is 0 Å². The highest BCUT2D eigenvalue weighted by Gasteiger charge is 2.22. The quantitative estimate of drug-likeness (QED) is 0.696. The second kappa shape index (κ2) is 10.9. The first-order valence-electron chi connectivity index (χ1n) is 9.67. The zero-order valence-corrected chi connectivity index (χ0v) is 16.9. The molecule has 1 fully saturated rings. The Kier molecular flexibility index (Phi) is 7.94. The maximum atomic E-state index is 12.5. The maximum absolute atomic E-state index is 12.5. The number of carbonyl (C=O) groups is 2. The minimum atomic E-state index is 0.0585. The fraction of sp³-hybridized carbons (Fsp3) is 0.364. The van der Waals surface area contributed by atoms with E-state index in [4.69, 9.17) is 0 Å². The van der Waals surface area contributed by atoms with Crippen LogP contribution in [0.5, 0.6) is 0 Å². The first-order valence-corrected chi connectivity index (χ1v) is 10.8. The normalized spacial score (nSPS) is 14.6. The van der Waals surface area contributed by atoms with Crippen LogP contribution < -0.4 is 5.32 Å². The molecule has 0 radical (unpaired) electrons. The summed E-state index contributed by atoms with van der Waals surface area (Å²) in [6.07, 6.45) is 0. The van der Waals surface area contributed by atoms with Crippen LogP contribution in [-0.2, 0) is 10.5 Å². The lowest BCUT2D eigenvalue weighted by Gasteiger charge is -2.34. The van der Waals surface area contributed by atoms with Crippen molar-refractivity contribution in [3.63, 3.8) is 0 Å². The molecule has 3 rings (SSSR count).